The molecule has 1 aliphatic heterocycles. The average Bonchev–Trinajstić information content (AvgIpc) is 2.22. The topological polar surface area (TPSA) is 12.0 Å². The van der Waals surface area contributed by atoms with Gasteiger partial charge in [-0.3, -0.25) is 0 Å². The van der Waals surface area contributed by atoms with Crippen LogP contribution in [0.5, 0.6) is 0 Å². The van der Waals surface area contributed by atoms with Crippen molar-refractivity contribution in [2.75, 3.05) is 6.54 Å². The summed E-state index contributed by atoms with van der Waals surface area (Å²) in [6.07, 6.45) is 0. The smallest absolute Gasteiger partial charge is 0.131 e. The van der Waals surface area contributed by atoms with Crippen molar-refractivity contribution in [3.8, 4) is 0 Å². The van der Waals surface area contributed by atoms with Crippen molar-refractivity contribution in [1.82, 2.24) is 5.32 Å². The Morgan fingerprint density at radius 2 is 2.19 bits per heavy atom. The van der Waals surface area contributed by atoms with Crippen LogP contribution in [0.25, 0.3) is 0 Å². The van der Waals surface area contributed by atoms with Crippen LogP contribution < -0.4 is 5.32 Å². The van der Waals surface area contributed by atoms with Gasteiger partial charge in [-0.15, -0.1) is 0 Å². The zero-order valence-corrected chi connectivity index (χ0v) is 10.2. The third-order valence-electron chi connectivity index (χ3n) is 2.89. The highest BCUT2D eigenvalue weighted by Gasteiger charge is 2.29. The highest BCUT2D eigenvalue weighted by Crippen LogP contribution is 2.38. The molecular formula is C12H15F2NS. The molecule has 16 heavy (non-hydrogen) atoms. The molecule has 0 bridgehead atoms. The summed E-state index contributed by atoms with van der Waals surface area (Å²) in [7, 11) is 0. The van der Waals surface area contributed by atoms with Crippen molar-refractivity contribution in [3.05, 3.63) is 34.9 Å². The minimum atomic E-state index is -0.485. The summed E-state index contributed by atoms with van der Waals surface area (Å²) in [5.41, 5.74) is 1.43. The normalized spacial score (nSPS) is 24.2. The summed E-state index contributed by atoms with van der Waals surface area (Å²) in [5, 5.41) is 3.58. The Bertz CT molecular complexity index is 395. The number of halogens is 2. The fourth-order valence-corrected chi connectivity index (χ4v) is 3.25. The molecule has 0 amide bonds. The van der Waals surface area contributed by atoms with Crippen LogP contribution in [0, 0.1) is 11.6 Å². The molecule has 88 valence electrons. The zero-order chi connectivity index (χ0) is 11.7. The zero-order valence-electron chi connectivity index (χ0n) is 9.39. The van der Waals surface area contributed by atoms with Crippen LogP contribution in [0.2, 0.25) is 0 Å². The van der Waals surface area contributed by atoms with Crippen LogP contribution in [0.3, 0.4) is 0 Å². The van der Waals surface area contributed by atoms with Gasteiger partial charge in [0.2, 0.25) is 0 Å². The second kappa shape index (κ2) is 4.72. The molecule has 1 aromatic carbocycles. The number of hydrogen-bond donors (Lipinski definition) is 1. The first-order valence-corrected chi connectivity index (χ1v) is 6.51. The third kappa shape index (κ3) is 2.09. The first-order valence-electron chi connectivity index (χ1n) is 5.46. The number of nitrogens with one attached hydrogen (secondary N) is 1. The number of benzene rings is 1. The Balaban J connectivity index is 2.45. The molecule has 0 aliphatic carbocycles. The molecule has 1 aromatic rings. The van der Waals surface area contributed by atoms with Crippen molar-refractivity contribution in [3.63, 3.8) is 0 Å². The molecule has 2 rings (SSSR count). The molecule has 0 radical (unpaired) electrons. The van der Waals surface area contributed by atoms with Gasteiger partial charge in [-0.2, -0.15) is 11.8 Å². The lowest BCUT2D eigenvalue weighted by Gasteiger charge is -2.31. The molecule has 1 nitrogen and oxygen atoms in total. The van der Waals surface area contributed by atoms with Crippen LogP contribution >= 0.6 is 11.8 Å². The van der Waals surface area contributed by atoms with Crippen LogP contribution in [0.4, 0.5) is 8.78 Å². The van der Waals surface area contributed by atoms with Gasteiger partial charge in [-0.25, -0.2) is 8.78 Å². The van der Waals surface area contributed by atoms with Gasteiger partial charge >= 0.3 is 0 Å². The minimum Gasteiger partial charge on any atom is -0.309 e. The van der Waals surface area contributed by atoms with Gasteiger partial charge in [0.05, 0.1) is 0 Å². The Morgan fingerprint density at radius 1 is 1.44 bits per heavy atom. The number of hydrogen-bond acceptors (Lipinski definition) is 2. The fourth-order valence-electron chi connectivity index (χ4n) is 2.15. The molecule has 1 heterocycles. The first-order chi connectivity index (χ1) is 7.63. The van der Waals surface area contributed by atoms with E-state index in [0.717, 1.165) is 18.2 Å². The average molecular weight is 243 g/mol. The second-order valence-corrected chi connectivity index (χ2v) is 5.38. The molecule has 0 saturated heterocycles. The summed E-state index contributed by atoms with van der Waals surface area (Å²) >= 11 is 1.73. The summed E-state index contributed by atoms with van der Waals surface area (Å²) in [6.45, 7) is 4.85. The van der Waals surface area contributed by atoms with E-state index < -0.39 is 11.6 Å². The van der Waals surface area contributed by atoms with Gasteiger partial charge in [0.15, 0.2) is 0 Å². The first kappa shape index (κ1) is 11.9. The van der Waals surface area contributed by atoms with Crippen molar-refractivity contribution in [1.29, 1.82) is 0 Å². The summed E-state index contributed by atoms with van der Waals surface area (Å²) in [6, 6.07) is 2.41. The predicted octanol–water partition coefficient (Wildman–Crippen LogP) is 3.25. The maximum atomic E-state index is 13.8. The van der Waals surface area contributed by atoms with Crippen molar-refractivity contribution < 1.29 is 8.78 Å². The lowest BCUT2D eigenvalue weighted by Crippen LogP contribution is -2.32. The van der Waals surface area contributed by atoms with E-state index in [2.05, 4.69) is 12.2 Å². The van der Waals surface area contributed by atoms with E-state index in [1.54, 1.807) is 11.8 Å². The van der Waals surface area contributed by atoms with Crippen molar-refractivity contribution in [2.24, 2.45) is 0 Å². The van der Waals surface area contributed by atoms with Gasteiger partial charge in [-0.1, -0.05) is 13.8 Å². The summed E-state index contributed by atoms with van der Waals surface area (Å²) < 4.78 is 26.9. The van der Waals surface area contributed by atoms with Crippen LogP contribution in [0.1, 0.15) is 31.0 Å². The van der Waals surface area contributed by atoms with Crippen molar-refractivity contribution in [2.45, 2.75) is 30.9 Å². The molecule has 0 fully saturated rings. The largest absolute Gasteiger partial charge is 0.309 e. The van der Waals surface area contributed by atoms with Gasteiger partial charge in [0.1, 0.15) is 11.6 Å². The Morgan fingerprint density at radius 3 is 2.88 bits per heavy atom. The minimum absolute atomic E-state index is 0.0145. The van der Waals surface area contributed by atoms with E-state index in [-0.39, 0.29) is 6.04 Å². The van der Waals surface area contributed by atoms with Gasteiger partial charge < -0.3 is 5.32 Å². The van der Waals surface area contributed by atoms with Crippen LogP contribution in [0.15, 0.2) is 12.1 Å². The molecule has 0 aromatic heterocycles. The summed E-state index contributed by atoms with van der Waals surface area (Å²) in [4.78, 5) is 0. The summed E-state index contributed by atoms with van der Waals surface area (Å²) in [5.74, 6) is -0.220. The van der Waals surface area contributed by atoms with E-state index in [9.17, 15) is 8.78 Å². The molecule has 4 heteroatoms. The number of fused-ring (bicyclic) bond motifs is 1. The Hall–Kier alpha value is -0.610. The number of rotatable bonds is 2. The van der Waals surface area contributed by atoms with E-state index in [1.165, 1.54) is 6.07 Å². The van der Waals surface area contributed by atoms with Gasteiger partial charge in [-0.05, 0) is 18.2 Å². The monoisotopic (exact) mass is 243 g/mol. The quantitative estimate of drug-likeness (QED) is 0.855. The lowest BCUT2D eigenvalue weighted by molar-refractivity contribution is 0.493. The van der Waals surface area contributed by atoms with E-state index >= 15 is 0 Å². The Labute approximate surface area is 98.6 Å². The molecule has 2 unspecified atom stereocenters. The van der Waals surface area contributed by atoms with Gasteiger partial charge in [0.25, 0.3) is 0 Å². The predicted molar refractivity (Wildman–Crippen MR) is 63.5 cm³/mol. The Kier molecular flexibility index (Phi) is 3.50. The SMILES string of the molecule is CCNC1c2c(F)cc(F)cc2CSC1C. The highest BCUT2D eigenvalue weighted by molar-refractivity contribution is 7.99. The highest BCUT2D eigenvalue weighted by atomic mass is 32.2. The standard InChI is InChI=1S/C12H15F2NS/c1-3-15-12-7(2)16-6-8-4-9(13)5-10(14)11(8)12/h4-5,7,12,15H,3,6H2,1-2H3. The second-order valence-electron chi connectivity index (χ2n) is 4.01. The van der Waals surface area contributed by atoms with Crippen LogP contribution in [-0.4, -0.2) is 11.8 Å². The molecule has 0 spiro atoms. The molecule has 2 atom stereocenters. The maximum Gasteiger partial charge on any atom is 0.131 e. The fraction of sp³-hybridized carbons (Fsp3) is 0.500. The van der Waals surface area contributed by atoms with Crippen LogP contribution in [-0.2, 0) is 5.75 Å². The van der Waals surface area contributed by atoms with Crippen molar-refractivity contribution >= 4 is 11.8 Å². The molecule has 1 N–H and O–H groups in total. The molecular weight excluding hydrogens is 228 g/mol. The van der Waals surface area contributed by atoms with E-state index in [0.29, 0.717) is 16.6 Å². The maximum absolute atomic E-state index is 13.8. The molecule has 1 aliphatic rings. The van der Waals surface area contributed by atoms with E-state index in [4.69, 9.17) is 0 Å². The lowest BCUT2D eigenvalue weighted by atomic mass is 9.97. The number of thioether (sulfide) groups is 1. The van der Waals surface area contributed by atoms with E-state index in [1.807, 2.05) is 6.92 Å². The molecule has 0 saturated carbocycles. The third-order valence-corrected chi connectivity index (χ3v) is 4.16. The van der Waals surface area contributed by atoms with Gasteiger partial charge in [0, 0.05) is 28.7 Å².